The maximum absolute atomic E-state index is 8.82. The van der Waals surface area contributed by atoms with Crippen LogP contribution in [0.3, 0.4) is 0 Å². The Hall–Kier alpha value is -0.870. The summed E-state index contributed by atoms with van der Waals surface area (Å²) in [7, 11) is 0. The topological polar surface area (TPSA) is 50.1 Å². The lowest BCUT2D eigenvalue weighted by Crippen LogP contribution is -2.10. The molecule has 0 radical (unpaired) electrons. The number of aliphatic hydroxyl groups excluding tert-OH is 1. The van der Waals surface area contributed by atoms with Crippen molar-refractivity contribution in [2.24, 2.45) is 5.92 Å². The molecule has 14 heavy (non-hydrogen) atoms. The van der Waals surface area contributed by atoms with E-state index in [-0.39, 0.29) is 6.61 Å². The fraction of sp³-hybridized carbons (Fsp3) is 0.700. The van der Waals surface area contributed by atoms with Crippen molar-refractivity contribution in [3.63, 3.8) is 0 Å². The Morgan fingerprint density at radius 2 is 2.50 bits per heavy atom. The largest absolute Gasteiger partial charge is 0.394 e. The zero-order valence-electron chi connectivity index (χ0n) is 8.11. The zero-order valence-corrected chi connectivity index (χ0v) is 8.11. The minimum absolute atomic E-state index is 0.174. The number of hydrogen-bond donors (Lipinski definition) is 2. The Morgan fingerprint density at radius 1 is 1.57 bits per heavy atom. The molecule has 0 bridgehead atoms. The predicted octanol–water partition coefficient (Wildman–Crippen LogP) is -0.266. The summed E-state index contributed by atoms with van der Waals surface area (Å²) in [5, 5.41) is 16.7. The molecular weight excluding hydrogens is 178 g/mol. The maximum Gasteiger partial charge on any atom is 0.0663 e. The summed E-state index contributed by atoms with van der Waals surface area (Å²) >= 11 is 0. The highest BCUT2D eigenvalue weighted by atomic mass is 16.3. The summed E-state index contributed by atoms with van der Waals surface area (Å²) in [6.45, 7) is 3.04. The molecule has 0 saturated carbocycles. The van der Waals surface area contributed by atoms with Gasteiger partial charge in [0.2, 0.25) is 0 Å². The van der Waals surface area contributed by atoms with Crippen molar-refractivity contribution < 1.29 is 5.11 Å². The molecule has 1 aromatic heterocycles. The van der Waals surface area contributed by atoms with Gasteiger partial charge in [0.15, 0.2) is 0 Å². The molecule has 4 heteroatoms. The summed E-state index contributed by atoms with van der Waals surface area (Å²) in [4.78, 5) is 0. The molecule has 0 aromatic carbocycles. The van der Waals surface area contributed by atoms with E-state index in [0.29, 0.717) is 12.5 Å². The van der Waals surface area contributed by atoms with Crippen molar-refractivity contribution in [3.8, 4) is 0 Å². The third-order valence-corrected chi connectivity index (χ3v) is 3.39. The Labute approximate surface area is 82.9 Å². The summed E-state index contributed by atoms with van der Waals surface area (Å²) in [5.74, 6) is 1.45. The van der Waals surface area contributed by atoms with E-state index in [1.165, 1.54) is 11.3 Å². The molecule has 1 aromatic rings. The summed E-state index contributed by atoms with van der Waals surface area (Å²) in [6, 6.07) is 0. The van der Waals surface area contributed by atoms with Gasteiger partial charge in [-0.3, -0.25) is 4.68 Å². The molecule has 1 aliphatic carbocycles. The first-order valence-electron chi connectivity index (χ1n) is 5.26. The van der Waals surface area contributed by atoms with Crippen molar-refractivity contribution in [1.82, 2.24) is 15.1 Å². The van der Waals surface area contributed by atoms with E-state index in [9.17, 15) is 0 Å². The minimum Gasteiger partial charge on any atom is -0.394 e. The van der Waals surface area contributed by atoms with Gasteiger partial charge in [0.25, 0.3) is 0 Å². The monoisotopic (exact) mass is 193 g/mol. The van der Waals surface area contributed by atoms with Crippen LogP contribution in [-0.4, -0.2) is 34.6 Å². The van der Waals surface area contributed by atoms with Gasteiger partial charge in [-0.05, 0) is 24.4 Å². The zero-order chi connectivity index (χ0) is 9.54. The third kappa shape index (κ3) is 1.11. The second kappa shape index (κ2) is 3.07. The van der Waals surface area contributed by atoms with E-state index in [1.54, 1.807) is 0 Å². The predicted molar refractivity (Wildman–Crippen MR) is 52.1 cm³/mol. The molecule has 2 atom stereocenters. The normalized spacial score (nSPS) is 29.2. The van der Waals surface area contributed by atoms with E-state index in [4.69, 9.17) is 5.11 Å². The van der Waals surface area contributed by atoms with Gasteiger partial charge >= 0.3 is 0 Å². The third-order valence-electron chi connectivity index (χ3n) is 3.39. The second-order valence-corrected chi connectivity index (χ2v) is 4.25. The summed E-state index contributed by atoms with van der Waals surface area (Å²) in [5.41, 5.74) is 2.67. The van der Waals surface area contributed by atoms with Gasteiger partial charge in [0, 0.05) is 18.7 Å². The highest BCUT2D eigenvalue weighted by Gasteiger charge is 2.37. The van der Waals surface area contributed by atoms with Gasteiger partial charge in [0.1, 0.15) is 0 Å². The van der Waals surface area contributed by atoms with Crippen LogP contribution < -0.4 is 5.32 Å². The summed E-state index contributed by atoms with van der Waals surface area (Å²) < 4.78 is 1.87. The molecule has 0 spiro atoms. The van der Waals surface area contributed by atoms with E-state index in [2.05, 4.69) is 16.6 Å². The van der Waals surface area contributed by atoms with Crippen LogP contribution in [0.15, 0.2) is 6.20 Å². The fourth-order valence-electron chi connectivity index (χ4n) is 2.72. The number of fused-ring (bicyclic) bond motifs is 3. The molecule has 0 amide bonds. The maximum atomic E-state index is 8.82. The molecular formula is C10H15N3O. The van der Waals surface area contributed by atoms with Gasteiger partial charge in [-0.25, -0.2) is 0 Å². The molecule has 1 fully saturated rings. The first-order valence-corrected chi connectivity index (χ1v) is 5.26. The molecule has 2 heterocycles. The SMILES string of the molecule is OCCn1cc2c(n1)CC1CNCC21. The number of hydrogen-bond acceptors (Lipinski definition) is 3. The van der Waals surface area contributed by atoms with Gasteiger partial charge < -0.3 is 10.4 Å². The minimum atomic E-state index is 0.174. The molecule has 76 valence electrons. The van der Waals surface area contributed by atoms with Gasteiger partial charge in [-0.1, -0.05) is 0 Å². The average molecular weight is 193 g/mol. The van der Waals surface area contributed by atoms with E-state index in [0.717, 1.165) is 25.4 Å². The first-order chi connectivity index (χ1) is 6.88. The van der Waals surface area contributed by atoms with Gasteiger partial charge in [-0.15, -0.1) is 0 Å². The summed E-state index contributed by atoms with van der Waals surface area (Å²) in [6.07, 6.45) is 3.23. The molecule has 4 nitrogen and oxygen atoms in total. The van der Waals surface area contributed by atoms with Crippen LogP contribution in [0.25, 0.3) is 0 Å². The van der Waals surface area contributed by atoms with Crippen LogP contribution in [0.1, 0.15) is 17.2 Å². The Bertz CT molecular complexity index is 347. The van der Waals surface area contributed by atoms with Crippen LogP contribution in [0, 0.1) is 5.92 Å². The van der Waals surface area contributed by atoms with Crippen LogP contribution >= 0.6 is 0 Å². The van der Waals surface area contributed by atoms with Crippen molar-refractivity contribution in [2.45, 2.75) is 18.9 Å². The Morgan fingerprint density at radius 3 is 3.36 bits per heavy atom. The molecule has 2 N–H and O–H groups in total. The smallest absolute Gasteiger partial charge is 0.0663 e. The number of nitrogens with zero attached hydrogens (tertiary/aromatic N) is 2. The van der Waals surface area contributed by atoms with Crippen molar-refractivity contribution in [3.05, 3.63) is 17.5 Å². The average Bonchev–Trinajstić information content (AvgIpc) is 2.75. The first kappa shape index (κ1) is 8.44. The lowest BCUT2D eigenvalue weighted by atomic mass is 9.98. The fourth-order valence-corrected chi connectivity index (χ4v) is 2.72. The van der Waals surface area contributed by atoms with Crippen LogP contribution in [0.5, 0.6) is 0 Å². The van der Waals surface area contributed by atoms with E-state index in [1.807, 2.05) is 4.68 Å². The molecule has 3 rings (SSSR count). The molecule has 2 aliphatic rings. The second-order valence-electron chi connectivity index (χ2n) is 4.25. The Kier molecular flexibility index (Phi) is 1.85. The lowest BCUT2D eigenvalue weighted by Gasteiger charge is -2.07. The van der Waals surface area contributed by atoms with Gasteiger partial charge in [-0.2, -0.15) is 5.10 Å². The number of nitrogens with one attached hydrogen (secondary N) is 1. The quantitative estimate of drug-likeness (QED) is 0.680. The number of aromatic nitrogens is 2. The standard InChI is InChI=1S/C10H15N3O/c14-2-1-13-6-9-8-5-11-4-7(8)3-10(9)12-13/h6-8,11,14H,1-5H2. The van der Waals surface area contributed by atoms with Crippen LogP contribution in [0.2, 0.25) is 0 Å². The molecule has 1 saturated heterocycles. The van der Waals surface area contributed by atoms with Crippen LogP contribution in [-0.2, 0) is 13.0 Å². The highest BCUT2D eigenvalue weighted by Crippen LogP contribution is 2.39. The lowest BCUT2D eigenvalue weighted by molar-refractivity contribution is 0.268. The van der Waals surface area contributed by atoms with Crippen molar-refractivity contribution >= 4 is 0 Å². The molecule has 1 aliphatic heterocycles. The van der Waals surface area contributed by atoms with E-state index < -0.39 is 0 Å². The number of rotatable bonds is 2. The molecule has 2 unspecified atom stereocenters. The van der Waals surface area contributed by atoms with E-state index >= 15 is 0 Å². The van der Waals surface area contributed by atoms with Crippen molar-refractivity contribution in [2.75, 3.05) is 19.7 Å². The number of aliphatic hydroxyl groups is 1. The Balaban J connectivity index is 1.90. The van der Waals surface area contributed by atoms with Gasteiger partial charge in [0.05, 0.1) is 18.8 Å². The van der Waals surface area contributed by atoms with Crippen LogP contribution in [0.4, 0.5) is 0 Å². The highest BCUT2D eigenvalue weighted by molar-refractivity contribution is 5.31. The van der Waals surface area contributed by atoms with Crippen molar-refractivity contribution in [1.29, 1.82) is 0 Å².